The lowest BCUT2D eigenvalue weighted by Crippen LogP contribution is -2.30. The monoisotopic (exact) mass is 288 g/mol. The first-order valence-corrected chi connectivity index (χ1v) is 6.91. The quantitative estimate of drug-likeness (QED) is 0.659. The Hall–Kier alpha value is -2.44. The van der Waals surface area contributed by atoms with Crippen LogP contribution in [0.1, 0.15) is 12.2 Å². The molecule has 0 radical (unpaired) electrons. The van der Waals surface area contributed by atoms with Gasteiger partial charge in [-0.1, -0.05) is 12.1 Å². The maximum atomic E-state index is 11.8. The van der Waals surface area contributed by atoms with Gasteiger partial charge in [0, 0.05) is 24.4 Å². The standard InChI is InChI=1S/C14H16N4O3/c1-9-16-11-4-2-3-5-12(11)17(9)7-6-15-14(19)10-8-13(10)18(20)21/h2-5,10,13H,6-8H2,1H3,(H,15,19)/t10-,13+/m1/s1. The first-order chi connectivity index (χ1) is 10.1. The number of nitrogens with zero attached hydrogens (tertiary/aromatic N) is 3. The van der Waals surface area contributed by atoms with Gasteiger partial charge in [0.15, 0.2) is 0 Å². The van der Waals surface area contributed by atoms with Crippen LogP contribution in [0.25, 0.3) is 11.0 Å². The van der Waals surface area contributed by atoms with Crippen LogP contribution in [0.15, 0.2) is 24.3 Å². The summed E-state index contributed by atoms with van der Waals surface area (Å²) < 4.78 is 2.04. The smallest absolute Gasteiger partial charge is 0.230 e. The Labute approximate surface area is 121 Å². The van der Waals surface area contributed by atoms with Crippen LogP contribution in [0, 0.1) is 23.0 Å². The molecule has 0 aliphatic heterocycles. The molecule has 0 unspecified atom stereocenters. The minimum Gasteiger partial charge on any atom is -0.354 e. The number of imidazole rings is 1. The molecule has 7 heteroatoms. The fourth-order valence-electron chi connectivity index (χ4n) is 2.60. The number of fused-ring (bicyclic) bond motifs is 1. The van der Waals surface area contributed by atoms with Gasteiger partial charge in [0.1, 0.15) is 11.7 Å². The number of carbonyl (C=O) groups excluding carboxylic acids is 1. The molecule has 1 aliphatic rings. The number of rotatable bonds is 5. The third-order valence-corrected chi connectivity index (χ3v) is 3.84. The summed E-state index contributed by atoms with van der Waals surface area (Å²) in [6, 6.07) is 7.13. The molecule has 1 N–H and O–H groups in total. The average Bonchev–Trinajstić information content (AvgIpc) is 3.19. The molecular weight excluding hydrogens is 272 g/mol. The molecule has 1 amide bonds. The highest BCUT2D eigenvalue weighted by atomic mass is 16.6. The van der Waals surface area contributed by atoms with Crippen LogP contribution in [-0.2, 0) is 11.3 Å². The molecule has 1 fully saturated rings. The van der Waals surface area contributed by atoms with Crippen LogP contribution in [-0.4, -0.2) is 33.0 Å². The number of aryl methyl sites for hydroxylation is 1. The Bertz CT molecular complexity index is 709. The molecule has 1 saturated carbocycles. The third-order valence-electron chi connectivity index (χ3n) is 3.84. The second-order valence-corrected chi connectivity index (χ2v) is 5.29. The van der Waals surface area contributed by atoms with Gasteiger partial charge in [-0.25, -0.2) is 4.98 Å². The normalized spacial score (nSPS) is 20.4. The highest BCUT2D eigenvalue weighted by molar-refractivity contribution is 5.82. The van der Waals surface area contributed by atoms with E-state index in [2.05, 4.69) is 10.3 Å². The minimum atomic E-state index is -0.694. The second-order valence-electron chi connectivity index (χ2n) is 5.29. The summed E-state index contributed by atoms with van der Waals surface area (Å²) in [6.07, 6.45) is 0.353. The molecule has 21 heavy (non-hydrogen) atoms. The van der Waals surface area contributed by atoms with Crippen molar-refractivity contribution in [1.82, 2.24) is 14.9 Å². The number of amides is 1. The van der Waals surface area contributed by atoms with E-state index in [1.807, 2.05) is 35.8 Å². The fraction of sp³-hybridized carbons (Fsp3) is 0.429. The van der Waals surface area contributed by atoms with Gasteiger partial charge in [0.25, 0.3) is 0 Å². The molecule has 2 atom stereocenters. The van der Waals surface area contributed by atoms with Gasteiger partial charge in [-0.2, -0.15) is 0 Å². The highest BCUT2D eigenvalue weighted by Crippen LogP contribution is 2.32. The lowest BCUT2D eigenvalue weighted by atomic mass is 10.3. The second kappa shape index (κ2) is 5.16. The van der Waals surface area contributed by atoms with E-state index < -0.39 is 12.0 Å². The molecule has 1 aliphatic carbocycles. The summed E-state index contributed by atoms with van der Waals surface area (Å²) in [7, 11) is 0. The van der Waals surface area contributed by atoms with Crippen molar-refractivity contribution in [3.8, 4) is 0 Å². The summed E-state index contributed by atoms with van der Waals surface area (Å²) in [5, 5.41) is 13.3. The molecule has 0 saturated heterocycles. The molecule has 1 aromatic carbocycles. The lowest BCUT2D eigenvalue weighted by molar-refractivity contribution is -0.497. The van der Waals surface area contributed by atoms with Gasteiger partial charge in [0.2, 0.25) is 11.9 Å². The average molecular weight is 288 g/mol. The van der Waals surface area contributed by atoms with E-state index >= 15 is 0 Å². The van der Waals surface area contributed by atoms with Gasteiger partial charge < -0.3 is 9.88 Å². The zero-order chi connectivity index (χ0) is 15.0. The summed E-state index contributed by atoms with van der Waals surface area (Å²) in [6.45, 7) is 2.97. The Morgan fingerprint density at radius 2 is 2.29 bits per heavy atom. The van der Waals surface area contributed by atoms with Gasteiger partial charge in [-0.3, -0.25) is 14.9 Å². The number of hydrogen-bond donors (Lipinski definition) is 1. The fourth-order valence-corrected chi connectivity index (χ4v) is 2.60. The van der Waals surface area contributed by atoms with Crippen LogP contribution in [0.3, 0.4) is 0 Å². The number of hydrogen-bond acceptors (Lipinski definition) is 4. The third kappa shape index (κ3) is 2.58. The molecule has 0 bridgehead atoms. The van der Waals surface area contributed by atoms with E-state index in [-0.39, 0.29) is 10.8 Å². The first-order valence-electron chi connectivity index (χ1n) is 6.91. The first kappa shape index (κ1) is 13.5. The van der Waals surface area contributed by atoms with Gasteiger partial charge in [0.05, 0.1) is 11.0 Å². The van der Waals surface area contributed by atoms with Crippen molar-refractivity contribution in [3.05, 3.63) is 40.2 Å². The molecule has 2 aromatic rings. The Morgan fingerprint density at radius 3 is 3.00 bits per heavy atom. The zero-order valence-corrected chi connectivity index (χ0v) is 11.7. The van der Waals surface area contributed by atoms with Crippen LogP contribution >= 0.6 is 0 Å². The zero-order valence-electron chi connectivity index (χ0n) is 11.7. The van der Waals surface area contributed by atoms with Gasteiger partial charge >= 0.3 is 0 Å². The van der Waals surface area contributed by atoms with E-state index in [0.717, 1.165) is 16.9 Å². The predicted molar refractivity (Wildman–Crippen MR) is 76.4 cm³/mol. The minimum absolute atomic E-state index is 0.223. The number of benzene rings is 1. The number of nitro groups is 1. The Balaban J connectivity index is 1.59. The van der Waals surface area contributed by atoms with E-state index in [9.17, 15) is 14.9 Å². The van der Waals surface area contributed by atoms with Crippen molar-refractivity contribution < 1.29 is 9.72 Å². The van der Waals surface area contributed by atoms with E-state index in [1.54, 1.807) is 0 Å². The van der Waals surface area contributed by atoms with Crippen molar-refractivity contribution in [2.75, 3.05) is 6.54 Å². The maximum absolute atomic E-state index is 11.8. The summed E-state index contributed by atoms with van der Waals surface area (Å²) >= 11 is 0. The Morgan fingerprint density at radius 1 is 1.52 bits per heavy atom. The van der Waals surface area contributed by atoms with Crippen molar-refractivity contribution in [2.45, 2.75) is 25.9 Å². The predicted octanol–water partition coefficient (Wildman–Crippen LogP) is 1.13. The van der Waals surface area contributed by atoms with E-state index in [4.69, 9.17) is 0 Å². The summed E-state index contributed by atoms with van der Waals surface area (Å²) in [5.41, 5.74) is 1.95. The molecule has 1 aromatic heterocycles. The van der Waals surface area contributed by atoms with Crippen LogP contribution in [0.2, 0.25) is 0 Å². The molecule has 3 rings (SSSR count). The largest absolute Gasteiger partial charge is 0.354 e. The number of nitrogens with one attached hydrogen (secondary N) is 1. The Kier molecular flexibility index (Phi) is 3.32. The lowest BCUT2D eigenvalue weighted by Gasteiger charge is -2.08. The topological polar surface area (TPSA) is 90.1 Å². The van der Waals surface area contributed by atoms with Crippen molar-refractivity contribution in [3.63, 3.8) is 0 Å². The van der Waals surface area contributed by atoms with Crippen molar-refractivity contribution >= 4 is 16.9 Å². The van der Waals surface area contributed by atoms with Gasteiger partial charge in [-0.05, 0) is 19.1 Å². The SMILES string of the molecule is Cc1nc2ccccc2n1CCNC(=O)[C@@H]1C[C@@H]1[N+](=O)[O-]. The van der Waals surface area contributed by atoms with Crippen LogP contribution in [0.5, 0.6) is 0 Å². The molecule has 1 heterocycles. The van der Waals surface area contributed by atoms with E-state index in [1.165, 1.54) is 0 Å². The summed E-state index contributed by atoms with van der Waals surface area (Å²) in [4.78, 5) is 26.4. The number of aromatic nitrogens is 2. The summed E-state index contributed by atoms with van der Waals surface area (Å²) in [5.74, 6) is 0.208. The van der Waals surface area contributed by atoms with Crippen LogP contribution < -0.4 is 5.32 Å². The van der Waals surface area contributed by atoms with Crippen molar-refractivity contribution in [1.29, 1.82) is 0 Å². The van der Waals surface area contributed by atoms with E-state index in [0.29, 0.717) is 19.5 Å². The number of carbonyl (C=O) groups is 1. The molecular formula is C14H16N4O3. The molecule has 0 spiro atoms. The highest BCUT2D eigenvalue weighted by Gasteiger charge is 2.53. The number of para-hydroxylation sites is 2. The molecule has 110 valence electrons. The van der Waals surface area contributed by atoms with Gasteiger partial charge in [-0.15, -0.1) is 0 Å². The molecule has 7 nitrogen and oxygen atoms in total. The van der Waals surface area contributed by atoms with Crippen LogP contribution in [0.4, 0.5) is 0 Å². The maximum Gasteiger partial charge on any atom is 0.230 e. The van der Waals surface area contributed by atoms with Crippen molar-refractivity contribution in [2.24, 2.45) is 5.92 Å².